The third kappa shape index (κ3) is 4.71. The lowest BCUT2D eigenvalue weighted by molar-refractivity contribution is -0.122. The molecule has 0 saturated carbocycles. The smallest absolute Gasteiger partial charge is 0.226 e. The summed E-state index contributed by atoms with van der Waals surface area (Å²) in [5, 5.41) is 7.55. The minimum Gasteiger partial charge on any atom is -0.369 e. The highest BCUT2D eigenvalue weighted by Gasteiger charge is 2.24. The van der Waals surface area contributed by atoms with Crippen LogP contribution in [0.3, 0.4) is 0 Å². The molecule has 9 heteroatoms. The Labute approximate surface area is 178 Å². The van der Waals surface area contributed by atoms with Gasteiger partial charge in [0.25, 0.3) is 0 Å². The number of hydrogen-bond donors (Lipinski definition) is 2. The number of hydrogen-bond acceptors (Lipinski definition) is 6. The highest BCUT2D eigenvalue weighted by atomic mass is 16.2. The summed E-state index contributed by atoms with van der Waals surface area (Å²) in [6, 6.07) is 10.8. The molecule has 1 fully saturated rings. The Morgan fingerprint density at radius 2 is 2.00 bits per heavy atom. The van der Waals surface area contributed by atoms with Crippen LogP contribution in [0.2, 0.25) is 0 Å². The quantitative estimate of drug-likeness (QED) is 0.623. The van der Waals surface area contributed by atoms with Crippen LogP contribution in [-0.2, 0) is 16.1 Å². The Bertz CT molecular complexity index is 1160. The third-order valence-corrected chi connectivity index (χ3v) is 5.49. The monoisotopic (exact) mass is 420 g/mol. The zero-order valence-corrected chi connectivity index (χ0v) is 17.0. The second-order valence-corrected chi connectivity index (χ2v) is 7.64. The number of benzene rings is 1. The number of nitrogens with one attached hydrogen (secondary N) is 1. The number of piperidine rings is 1. The molecule has 1 atom stereocenters. The van der Waals surface area contributed by atoms with Crippen molar-refractivity contribution in [1.82, 2.24) is 14.8 Å². The van der Waals surface area contributed by atoms with Gasteiger partial charge in [0.05, 0.1) is 36.1 Å². The first-order chi connectivity index (χ1) is 15.0. The van der Waals surface area contributed by atoms with E-state index in [0.29, 0.717) is 29.7 Å². The molecule has 160 valence electrons. The van der Waals surface area contributed by atoms with Crippen molar-refractivity contribution < 1.29 is 9.59 Å². The van der Waals surface area contributed by atoms with Crippen LogP contribution in [0.4, 0.5) is 11.5 Å². The van der Waals surface area contributed by atoms with E-state index < -0.39 is 0 Å². The second-order valence-electron chi connectivity index (χ2n) is 7.64. The number of carbonyl (C=O) groups excluding carboxylic acids is 2. The Morgan fingerprint density at radius 3 is 2.77 bits per heavy atom. The Kier molecular flexibility index (Phi) is 5.92. The average Bonchev–Trinajstić information content (AvgIpc) is 2.79. The van der Waals surface area contributed by atoms with Crippen molar-refractivity contribution in [1.29, 1.82) is 0 Å². The Morgan fingerprint density at radius 1 is 1.16 bits per heavy atom. The molecular weight excluding hydrogens is 396 g/mol. The maximum atomic E-state index is 12.4. The van der Waals surface area contributed by atoms with Crippen LogP contribution in [0.5, 0.6) is 0 Å². The van der Waals surface area contributed by atoms with Gasteiger partial charge in [0.1, 0.15) is 5.82 Å². The van der Waals surface area contributed by atoms with Gasteiger partial charge < -0.3 is 16.0 Å². The minimum absolute atomic E-state index is 0.140. The van der Waals surface area contributed by atoms with Gasteiger partial charge in [-0.2, -0.15) is 5.10 Å². The number of anilines is 2. The molecule has 9 nitrogen and oxygen atoms in total. The normalized spacial score (nSPS) is 16.3. The molecule has 0 radical (unpaired) electrons. The maximum Gasteiger partial charge on any atom is 0.226 e. The fourth-order valence-corrected chi connectivity index (χ4v) is 3.83. The molecule has 31 heavy (non-hydrogen) atoms. The minimum atomic E-state index is -0.279. The Hall–Kier alpha value is -3.75. The summed E-state index contributed by atoms with van der Waals surface area (Å²) in [5.74, 6) is 0.144. The molecule has 3 heterocycles. The molecule has 3 N–H and O–H groups in total. The van der Waals surface area contributed by atoms with Gasteiger partial charge in [-0.3, -0.25) is 19.1 Å². The van der Waals surface area contributed by atoms with E-state index in [1.807, 2.05) is 23.1 Å². The van der Waals surface area contributed by atoms with E-state index in [0.717, 1.165) is 25.2 Å². The van der Waals surface area contributed by atoms with Crippen molar-refractivity contribution in [2.24, 2.45) is 11.7 Å². The molecule has 1 saturated heterocycles. The van der Waals surface area contributed by atoms with Crippen molar-refractivity contribution in [3.05, 3.63) is 59.0 Å². The van der Waals surface area contributed by atoms with Crippen molar-refractivity contribution in [3.8, 4) is 0 Å². The van der Waals surface area contributed by atoms with Crippen LogP contribution in [0.1, 0.15) is 19.3 Å². The highest BCUT2D eigenvalue weighted by molar-refractivity contribution is 5.90. The van der Waals surface area contributed by atoms with E-state index in [9.17, 15) is 14.4 Å². The topological polar surface area (TPSA) is 123 Å². The predicted octanol–water partition coefficient (Wildman–Crippen LogP) is 1.52. The number of aromatic nitrogens is 3. The van der Waals surface area contributed by atoms with Crippen LogP contribution in [0.15, 0.2) is 53.6 Å². The van der Waals surface area contributed by atoms with E-state index in [1.54, 1.807) is 29.1 Å². The molecule has 1 unspecified atom stereocenters. The molecular formula is C22H24N6O3. The van der Waals surface area contributed by atoms with Gasteiger partial charge in [-0.1, -0.05) is 12.1 Å². The van der Waals surface area contributed by atoms with E-state index in [1.165, 1.54) is 6.20 Å². The number of nitrogens with two attached hydrogens (primary N) is 1. The fourth-order valence-electron chi connectivity index (χ4n) is 3.83. The zero-order valence-electron chi connectivity index (χ0n) is 17.0. The summed E-state index contributed by atoms with van der Waals surface area (Å²) in [6.45, 7) is 1.73. The van der Waals surface area contributed by atoms with Gasteiger partial charge in [-0.25, -0.2) is 4.98 Å². The maximum absolute atomic E-state index is 12.4. The van der Waals surface area contributed by atoms with Crippen LogP contribution >= 0.6 is 0 Å². The van der Waals surface area contributed by atoms with Crippen molar-refractivity contribution in [3.63, 3.8) is 0 Å². The first kappa shape index (κ1) is 20.5. The molecule has 1 aromatic carbocycles. The lowest BCUT2D eigenvalue weighted by Crippen LogP contribution is -2.41. The lowest BCUT2D eigenvalue weighted by atomic mass is 9.97. The number of pyridine rings is 1. The molecule has 3 aromatic rings. The number of aryl methyl sites for hydroxylation is 1. The highest BCUT2D eigenvalue weighted by Crippen LogP contribution is 2.22. The van der Waals surface area contributed by atoms with E-state index in [2.05, 4.69) is 15.4 Å². The summed E-state index contributed by atoms with van der Waals surface area (Å²) in [7, 11) is 0. The van der Waals surface area contributed by atoms with Crippen LogP contribution in [0.25, 0.3) is 10.9 Å². The zero-order chi connectivity index (χ0) is 21.8. The SMILES string of the molecule is NC(=O)C1CCCN(c2ccc(NC(=O)CCn3ncc(=O)c4ccccc43)cn2)C1. The molecule has 2 aromatic heterocycles. The number of rotatable bonds is 6. The van der Waals surface area contributed by atoms with Crippen molar-refractivity contribution in [2.75, 3.05) is 23.3 Å². The van der Waals surface area contributed by atoms with Gasteiger partial charge in [-0.05, 0) is 37.1 Å². The van der Waals surface area contributed by atoms with Crippen molar-refractivity contribution in [2.45, 2.75) is 25.8 Å². The van der Waals surface area contributed by atoms with Crippen LogP contribution < -0.4 is 21.4 Å². The number of carbonyl (C=O) groups is 2. The third-order valence-electron chi connectivity index (χ3n) is 5.49. The predicted molar refractivity (Wildman–Crippen MR) is 118 cm³/mol. The summed E-state index contributed by atoms with van der Waals surface area (Å²) >= 11 is 0. The van der Waals surface area contributed by atoms with Gasteiger partial charge in [0.15, 0.2) is 0 Å². The molecule has 0 spiro atoms. The summed E-state index contributed by atoms with van der Waals surface area (Å²) in [6.07, 6.45) is 4.77. The summed E-state index contributed by atoms with van der Waals surface area (Å²) in [4.78, 5) is 42.2. The Balaban J connectivity index is 1.36. The number of para-hydroxylation sites is 1. The molecule has 0 bridgehead atoms. The van der Waals surface area contributed by atoms with Crippen molar-refractivity contribution >= 4 is 34.2 Å². The molecule has 0 aliphatic carbocycles. The van der Waals surface area contributed by atoms with Gasteiger partial charge in [0.2, 0.25) is 17.2 Å². The average molecular weight is 420 g/mol. The number of fused-ring (bicyclic) bond motifs is 1. The van der Waals surface area contributed by atoms with E-state index in [4.69, 9.17) is 5.73 Å². The summed E-state index contributed by atoms with van der Waals surface area (Å²) in [5.41, 5.74) is 6.59. The van der Waals surface area contributed by atoms with Crippen LogP contribution in [-0.4, -0.2) is 39.7 Å². The van der Waals surface area contributed by atoms with Gasteiger partial charge in [-0.15, -0.1) is 0 Å². The van der Waals surface area contributed by atoms with E-state index in [-0.39, 0.29) is 29.6 Å². The molecule has 1 aliphatic heterocycles. The summed E-state index contributed by atoms with van der Waals surface area (Å²) < 4.78 is 1.66. The number of nitrogens with zero attached hydrogens (tertiary/aromatic N) is 4. The largest absolute Gasteiger partial charge is 0.369 e. The van der Waals surface area contributed by atoms with Crippen LogP contribution in [0, 0.1) is 5.92 Å². The standard InChI is InChI=1S/C22H24N6O3/c23-22(31)15-4-3-10-27(14-15)20-8-7-16(12-24-20)26-21(30)9-11-28-18-6-2-1-5-17(18)19(29)13-25-28/h1-2,5-8,12-13,15H,3-4,9-11,14H2,(H2,23,31)(H,26,30). The number of primary amides is 1. The molecule has 1 aliphatic rings. The molecule has 2 amide bonds. The first-order valence-electron chi connectivity index (χ1n) is 10.3. The van der Waals surface area contributed by atoms with Gasteiger partial charge >= 0.3 is 0 Å². The molecule has 4 rings (SSSR count). The lowest BCUT2D eigenvalue weighted by Gasteiger charge is -2.32. The first-order valence-corrected chi connectivity index (χ1v) is 10.3. The van der Waals surface area contributed by atoms with Gasteiger partial charge in [0, 0.05) is 24.9 Å². The second kappa shape index (κ2) is 8.95. The fraction of sp³-hybridized carbons (Fsp3) is 0.318. The van der Waals surface area contributed by atoms with E-state index >= 15 is 0 Å². The number of amides is 2.